The summed E-state index contributed by atoms with van der Waals surface area (Å²) in [6.07, 6.45) is 3.70. The van der Waals surface area contributed by atoms with E-state index < -0.39 is 11.4 Å². The first-order chi connectivity index (χ1) is 7.23. The molecule has 15 heavy (non-hydrogen) atoms. The van der Waals surface area contributed by atoms with E-state index in [4.69, 9.17) is 0 Å². The molecule has 1 saturated heterocycles. The van der Waals surface area contributed by atoms with Crippen LogP contribution in [0.1, 0.15) is 17.8 Å². The Morgan fingerprint density at radius 3 is 2.87 bits per heavy atom. The molecule has 2 heterocycles. The van der Waals surface area contributed by atoms with Crippen LogP contribution in [0.2, 0.25) is 0 Å². The van der Waals surface area contributed by atoms with E-state index in [9.17, 15) is 9.90 Å². The van der Waals surface area contributed by atoms with E-state index in [0.29, 0.717) is 19.3 Å². The molecule has 0 amide bonds. The molecular weight excluding hydrogens is 212 g/mol. The van der Waals surface area contributed by atoms with E-state index >= 15 is 0 Å². The topological polar surface area (TPSA) is 62.2 Å². The van der Waals surface area contributed by atoms with E-state index in [0.717, 1.165) is 18.1 Å². The maximum atomic E-state index is 11.4. The molecule has 2 rings (SSSR count). The van der Waals surface area contributed by atoms with Crippen molar-refractivity contribution in [3.05, 3.63) is 16.6 Å². The average molecular weight is 226 g/mol. The van der Waals surface area contributed by atoms with Crippen molar-refractivity contribution in [2.75, 3.05) is 13.1 Å². The van der Waals surface area contributed by atoms with Gasteiger partial charge >= 0.3 is 5.97 Å². The maximum Gasteiger partial charge on any atom is 0.310 e. The van der Waals surface area contributed by atoms with Crippen molar-refractivity contribution in [3.63, 3.8) is 0 Å². The Morgan fingerprint density at radius 1 is 1.60 bits per heavy atom. The fourth-order valence-corrected chi connectivity index (χ4v) is 2.76. The molecule has 5 heteroatoms. The number of nitrogens with one attached hydrogen (secondary N) is 1. The van der Waals surface area contributed by atoms with Crippen LogP contribution in [0.15, 0.2) is 11.6 Å². The molecule has 82 valence electrons. The summed E-state index contributed by atoms with van der Waals surface area (Å²) < 4.78 is 0. The molecule has 1 aliphatic heterocycles. The summed E-state index contributed by atoms with van der Waals surface area (Å²) in [6, 6.07) is 0. The van der Waals surface area contributed by atoms with E-state index in [1.54, 1.807) is 6.20 Å². The largest absolute Gasteiger partial charge is 0.481 e. The zero-order valence-electron chi connectivity index (χ0n) is 8.40. The Balaban J connectivity index is 2.15. The molecule has 1 aromatic heterocycles. The van der Waals surface area contributed by atoms with Crippen LogP contribution >= 0.6 is 11.3 Å². The van der Waals surface area contributed by atoms with Crippen molar-refractivity contribution in [2.24, 2.45) is 5.41 Å². The monoisotopic (exact) mass is 226 g/mol. The molecule has 2 N–H and O–H groups in total. The quantitative estimate of drug-likeness (QED) is 0.811. The summed E-state index contributed by atoms with van der Waals surface area (Å²) in [7, 11) is 0. The molecule has 1 aliphatic rings. The molecule has 0 radical (unpaired) electrons. The molecule has 1 fully saturated rings. The summed E-state index contributed by atoms with van der Waals surface area (Å²) in [6.45, 7) is 1.58. The van der Waals surface area contributed by atoms with Gasteiger partial charge in [0.1, 0.15) is 0 Å². The maximum absolute atomic E-state index is 11.4. The zero-order chi connectivity index (χ0) is 10.7. The minimum Gasteiger partial charge on any atom is -0.481 e. The van der Waals surface area contributed by atoms with Crippen LogP contribution in [0.3, 0.4) is 0 Å². The molecule has 0 aromatic carbocycles. The summed E-state index contributed by atoms with van der Waals surface area (Å²) >= 11 is 1.54. The van der Waals surface area contributed by atoms with Crippen molar-refractivity contribution in [2.45, 2.75) is 19.3 Å². The lowest BCUT2D eigenvalue weighted by Crippen LogP contribution is -2.43. The zero-order valence-corrected chi connectivity index (χ0v) is 9.22. The molecule has 0 aliphatic carbocycles. The highest BCUT2D eigenvalue weighted by atomic mass is 32.1. The Kier molecular flexibility index (Phi) is 3.02. The number of hydrogen-bond donors (Lipinski definition) is 2. The number of thiazole rings is 1. The first kappa shape index (κ1) is 10.6. The van der Waals surface area contributed by atoms with Gasteiger partial charge in [-0.3, -0.25) is 4.79 Å². The van der Waals surface area contributed by atoms with Crippen LogP contribution in [0.4, 0.5) is 0 Å². The fourth-order valence-electron chi connectivity index (χ4n) is 2.00. The highest BCUT2D eigenvalue weighted by Gasteiger charge is 2.40. The van der Waals surface area contributed by atoms with E-state index in [-0.39, 0.29) is 0 Å². The van der Waals surface area contributed by atoms with E-state index in [1.807, 2.05) is 5.38 Å². The number of piperidine rings is 1. The third-order valence-electron chi connectivity index (χ3n) is 2.99. The van der Waals surface area contributed by atoms with Crippen molar-refractivity contribution < 1.29 is 9.90 Å². The highest BCUT2D eigenvalue weighted by molar-refractivity contribution is 7.09. The summed E-state index contributed by atoms with van der Waals surface area (Å²) in [5, 5.41) is 15.4. The predicted octanol–water partition coefficient (Wildman–Crippen LogP) is 1.14. The predicted molar refractivity (Wildman–Crippen MR) is 58.0 cm³/mol. The lowest BCUT2D eigenvalue weighted by Gasteiger charge is -2.32. The first-order valence-electron chi connectivity index (χ1n) is 5.05. The second kappa shape index (κ2) is 4.28. The van der Waals surface area contributed by atoms with Gasteiger partial charge in [-0.15, -0.1) is 11.3 Å². The van der Waals surface area contributed by atoms with Gasteiger partial charge in [0.05, 0.1) is 10.4 Å². The van der Waals surface area contributed by atoms with Gasteiger partial charge in [-0.2, -0.15) is 0 Å². The number of hydrogen-bond acceptors (Lipinski definition) is 4. The minimum absolute atomic E-state index is 0.571. The van der Waals surface area contributed by atoms with Gasteiger partial charge in [-0.05, 0) is 25.9 Å². The van der Waals surface area contributed by atoms with Crippen LogP contribution in [-0.2, 0) is 11.2 Å². The molecular formula is C10H14N2O2S. The molecule has 0 unspecified atom stereocenters. The number of rotatable bonds is 3. The lowest BCUT2D eigenvalue weighted by molar-refractivity contribution is -0.150. The van der Waals surface area contributed by atoms with Crippen molar-refractivity contribution in [3.8, 4) is 0 Å². The molecule has 0 atom stereocenters. The normalized spacial score (nSPS) is 20.0. The molecule has 0 spiro atoms. The van der Waals surface area contributed by atoms with E-state index in [1.165, 1.54) is 11.3 Å². The molecule has 0 saturated carbocycles. The Morgan fingerprint density at radius 2 is 2.33 bits per heavy atom. The van der Waals surface area contributed by atoms with Crippen LogP contribution in [0.25, 0.3) is 0 Å². The number of nitrogens with zero attached hydrogens (tertiary/aromatic N) is 1. The summed E-state index contributed by atoms with van der Waals surface area (Å²) in [5.41, 5.74) is -0.594. The summed E-state index contributed by atoms with van der Waals surface area (Å²) in [4.78, 5) is 15.5. The molecule has 1 aromatic rings. The smallest absolute Gasteiger partial charge is 0.310 e. The second-order valence-electron chi connectivity index (χ2n) is 3.94. The van der Waals surface area contributed by atoms with Gasteiger partial charge in [0, 0.05) is 18.0 Å². The third-order valence-corrected chi connectivity index (χ3v) is 3.77. The van der Waals surface area contributed by atoms with Crippen LogP contribution in [0, 0.1) is 5.41 Å². The standard InChI is InChI=1S/C10H14N2O2S/c13-9(14)10(1-3-11-4-2-10)7-8-12-5-6-15-8/h5-6,11H,1-4,7H2,(H,13,14). The Labute approximate surface area is 92.3 Å². The van der Waals surface area contributed by atoms with Gasteiger partial charge in [-0.1, -0.05) is 0 Å². The van der Waals surface area contributed by atoms with Gasteiger partial charge in [-0.25, -0.2) is 4.98 Å². The molecule has 4 nitrogen and oxygen atoms in total. The lowest BCUT2D eigenvalue weighted by atomic mass is 9.76. The number of aliphatic carboxylic acids is 1. The van der Waals surface area contributed by atoms with Crippen LogP contribution < -0.4 is 5.32 Å². The van der Waals surface area contributed by atoms with E-state index in [2.05, 4.69) is 10.3 Å². The molecule has 0 bridgehead atoms. The average Bonchev–Trinajstić information content (AvgIpc) is 2.71. The van der Waals surface area contributed by atoms with Crippen LogP contribution in [0.5, 0.6) is 0 Å². The Bertz CT molecular complexity index is 331. The second-order valence-corrected chi connectivity index (χ2v) is 4.92. The van der Waals surface area contributed by atoms with Crippen molar-refractivity contribution in [1.29, 1.82) is 0 Å². The highest BCUT2D eigenvalue weighted by Crippen LogP contribution is 2.33. The van der Waals surface area contributed by atoms with Crippen molar-refractivity contribution in [1.82, 2.24) is 10.3 Å². The minimum atomic E-state index is -0.681. The Hall–Kier alpha value is -0.940. The van der Waals surface area contributed by atoms with Gasteiger partial charge in [0.15, 0.2) is 0 Å². The first-order valence-corrected chi connectivity index (χ1v) is 5.93. The van der Waals surface area contributed by atoms with Crippen LogP contribution in [-0.4, -0.2) is 29.1 Å². The number of aromatic nitrogens is 1. The SMILES string of the molecule is O=C(O)C1(Cc2nccs2)CCNCC1. The fraction of sp³-hybridized carbons (Fsp3) is 0.600. The number of carbonyl (C=O) groups is 1. The van der Waals surface area contributed by atoms with Gasteiger partial charge in [0.2, 0.25) is 0 Å². The number of carboxylic acids is 1. The number of carboxylic acid groups (broad SMARTS) is 1. The summed E-state index contributed by atoms with van der Waals surface area (Å²) in [5.74, 6) is -0.681. The van der Waals surface area contributed by atoms with Crippen molar-refractivity contribution >= 4 is 17.3 Å². The van der Waals surface area contributed by atoms with Gasteiger partial charge in [0.25, 0.3) is 0 Å². The third kappa shape index (κ3) is 2.18. The van der Waals surface area contributed by atoms with Gasteiger partial charge < -0.3 is 10.4 Å².